The van der Waals surface area contributed by atoms with Crippen molar-refractivity contribution < 1.29 is 33.8 Å². The predicted octanol–water partition coefficient (Wildman–Crippen LogP) is 6.03. The first-order valence-electron chi connectivity index (χ1n) is 16.1. The van der Waals surface area contributed by atoms with Crippen molar-refractivity contribution in [3.63, 3.8) is 0 Å². The molecular weight excluding hydrogens is 536 g/mol. The summed E-state index contributed by atoms with van der Waals surface area (Å²) in [4.78, 5) is 47.9. The number of rotatable bonds is 10. The van der Waals surface area contributed by atoms with Crippen LogP contribution in [-0.4, -0.2) is 39.6 Å². The van der Waals surface area contributed by atoms with E-state index < -0.39 is 22.6 Å². The van der Waals surface area contributed by atoms with Crippen LogP contribution >= 0.6 is 0 Å². The van der Waals surface area contributed by atoms with E-state index >= 15 is 0 Å². The first kappa shape index (κ1) is 31.0. The molecule has 1 heterocycles. The highest BCUT2D eigenvalue weighted by Gasteiger charge is 2.70. The van der Waals surface area contributed by atoms with E-state index in [1.807, 2.05) is 0 Å². The Balaban J connectivity index is 1.24. The number of ketones is 1. The number of unbranched alkanes of at least 4 members (excludes halogenated alkanes) is 3. The molecule has 4 saturated carbocycles. The molecule has 1 aromatic rings. The van der Waals surface area contributed by atoms with Gasteiger partial charge in [-0.25, -0.2) is 4.79 Å². The van der Waals surface area contributed by atoms with Gasteiger partial charge in [0.25, 0.3) is 0 Å². The molecule has 8 heteroatoms. The normalized spacial score (nSPS) is 39.0. The number of hydrogen-bond acceptors (Lipinski definition) is 7. The van der Waals surface area contributed by atoms with E-state index in [9.17, 15) is 24.3 Å². The Morgan fingerprint density at radius 2 is 1.71 bits per heavy atom. The van der Waals surface area contributed by atoms with Gasteiger partial charge in [-0.3, -0.25) is 14.4 Å². The average Bonchev–Trinajstić information content (AvgIpc) is 3.19. The summed E-state index contributed by atoms with van der Waals surface area (Å²) in [7, 11) is 0. The molecule has 42 heavy (non-hydrogen) atoms. The van der Waals surface area contributed by atoms with Gasteiger partial charge in [0.05, 0.1) is 11.9 Å². The second-order valence-electron chi connectivity index (χ2n) is 14.4. The monoisotopic (exact) mass is 584 g/mol. The van der Waals surface area contributed by atoms with Crippen molar-refractivity contribution in [2.45, 2.75) is 128 Å². The maximum Gasteiger partial charge on any atom is 0.335 e. The summed E-state index contributed by atoms with van der Waals surface area (Å²) in [5.74, 6) is -0.486. The Bertz CT molecular complexity index is 1220. The number of carboxylic acid groups (broad SMARTS) is 1. The fourth-order valence-corrected chi connectivity index (χ4v) is 10.0. The van der Waals surface area contributed by atoms with Crippen molar-refractivity contribution in [2.24, 2.45) is 34.5 Å². The number of carboxylic acids is 1. The molecular formula is C34H48O8. The predicted molar refractivity (Wildman–Crippen MR) is 156 cm³/mol. The lowest BCUT2D eigenvalue weighted by Crippen LogP contribution is -2.62. The van der Waals surface area contributed by atoms with E-state index in [4.69, 9.17) is 14.3 Å². The first-order chi connectivity index (χ1) is 19.9. The summed E-state index contributed by atoms with van der Waals surface area (Å²) in [6.07, 6.45) is 11.8. The largest absolute Gasteiger partial charge is 0.481 e. The molecule has 0 spiro atoms. The number of aliphatic hydroxyl groups is 1. The average molecular weight is 585 g/mol. The zero-order valence-corrected chi connectivity index (χ0v) is 25.4. The zero-order chi connectivity index (χ0) is 30.3. The fraction of sp³-hybridized carbons (Fsp3) is 0.765. The molecule has 4 aliphatic rings. The van der Waals surface area contributed by atoms with Crippen LogP contribution in [0.2, 0.25) is 0 Å². The lowest BCUT2D eigenvalue weighted by atomic mass is 9.43. The highest BCUT2D eigenvalue weighted by Crippen LogP contribution is 2.71. The molecule has 0 bridgehead atoms. The number of esters is 1. The van der Waals surface area contributed by atoms with Crippen LogP contribution in [0.4, 0.5) is 0 Å². The number of hydrogen-bond donors (Lipinski definition) is 2. The van der Waals surface area contributed by atoms with Crippen LogP contribution in [0.5, 0.6) is 0 Å². The van der Waals surface area contributed by atoms with Crippen LogP contribution in [0.25, 0.3) is 0 Å². The molecule has 232 valence electrons. The maximum absolute atomic E-state index is 13.0. The number of ether oxygens (including phenoxy) is 1. The third kappa shape index (κ3) is 5.48. The minimum Gasteiger partial charge on any atom is -0.481 e. The van der Waals surface area contributed by atoms with Gasteiger partial charge >= 0.3 is 17.6 Å². The number of carbonyl (C=O) groups excluding carboxylic acids is 2. The van der Waals surface area contributed by atoms with Crippen LogP contribution in [0.15, 0.2) is 27.6 Å². The molecule has 2 N–H and O–H groups in total. The summed E-state index contributed by atoms with van der Waals surface area (Å²) >= 11 is 0. The first-order valence-corrected chi connectivity index (χ1v) is 16.1. The molecule has 9 atom stereocenters. The Morgan fingerprint density at radius 3 is 2.38 bits per heavy atom. The second-order valence-corrected chi connectivity index (χ2v) is 14.4. The van der Waals surface area contributed by atoms with Crippen LogP contribution in [-0.2, 0) is 19.1 Å². The van der Waals surface area contributed by atoms with Gasteiger partial charge < -0.3 is 19.4 Å². The summed E-state index contributed by atoms with van der Waals surface area (Å²) in [6, 6.07) is 3.19. The van der Waals surface area contributed by atoms with Gasteiger partial charge in [0.2, 0.25) is 0 Å². The number of fused-ring (bicyclic) bond motifs is 5. The summed E-state index contributed by atoms with van der Waals surface area (Å²) < 4.78 is 11.2. The molecule has 0 aromatic carbocycles. The van der Waals surface area contributed by atoms with E-state index in [0.29, 0.717) is 31.1 Å². The Labute approximate surface area is 248 Å². The quantitative estimate of drug-likeness (QED) is 0.252. The minimum absolute atomic E-state index is 0.0520. The van der Waals surface area contributed by atoms with Gasteiger partial charge in [0, 0.05) is 36.2 Å². The smallest absolute Gasteiger partial charge is 0.335 e. The van der Waals surface area contributed by atoms with Gasteiger partial charge in [-0.05, 0) is 106 Å². The molecule has 1 unspecified atom stereocenters. The molecule has 4 aliphatic carbocycles. The van der Waals surface area contributed by atoms with E-state index in [2.05, 4.69) is 13.8 Å². The maximum atomic E-state index is 13.0. The summed E-state index contributed by atoms with van der Waals surface area (Å²) in [5.41, 5.74) is -1.01. The SMILES string of the molecule is CC(=O)C1C[C@]2(O)[C@@H]3CC[C@H]4C[C@@H](OC(=O)CCCCCCC(=O)O)CC[C@]4(C)[C@H]3CC[C@]2(C)[C@H]1c1ccc(=O)oc1. The molecule has 0 aliphatic heterocycles. The lowest BCUT2D eigenvalue weighted by Gasteiger charge is -2.63. The zero-order valence-electron chi connectivity index (χ0n) is 25.4. The van der Waals surface area contributed by atoms with Crippen LogP contribution in [0.3, 0.4) is 0 Å². The van der Waals surface area contributed by atoms with E-state index in [-0.39, 0.29) is 47.4 Å². The van der Waals surface area contributed by atoms with E-state index in [1.165, 1.54) is 12.3 Å². The van der Waals surface area contributed by atoms with E-state index in [1.54, 1.807) is 13.0 Å². The molecule has 0 radical (unpaired) electrons. The number of carbonyl (C=O) groups is 3. The fourth-order valence-electron chi connectivity index (χ4n) is 10.0. The molecule has 8 nitrogen and oxygen atoms in total. The molecule has 4 fully saturated rings. The van der Waals surface area contributed by atoms with Crippen LogP contribution in [0.1, 0.15) is 122 Å². The summed E-state index contributed by atoms with van der Waals surface area (Å²) in [5, 5.41) is 21.4. The molecule has 0 amide bonds. The number of aliphatic carboxylic acids is 1. The Kier molecular flexibility index (Phi) is 8.77. The van der Waals surface area contributed by atoms with Gasteiger partial charge in [0.15, 0.2) is 0 Å². The van der Waals surface area contributed by atoms with Gasteiger partial charge in [-0.1, -0.05) is 26.7 Å². The number of Topliss-reactive ketones (excluding diaryl/α,β-unsaturated/α-hetero) is 1. The van der Waals surface area contributed by atoms with E-state index in [0.717, 1.165) is 69.8 Å². The standard InChI is InChI=1S/C34H48O8/c1-21(35)25-19-34(40)27-12-11-23-18-24(42-30(39)9-7-5-4-6-8-28(36)37)14-16-32(23,2)26(27)15-17-33(34,3)31(25)22-10-13-29(38)41-20-22/h10,13,20,23-27,31,40H,4-9,11-12,14-19H2,1-3H3,(H,36,37)/t23-,24-,25?,26-,27+,31-,32-,33+,34-/m0/s1. The summed E-state index contributed by atoms with van der Waals surface area (Å²) in [6.45, 7) is 6.16. The highest BCUT2D eigenvalue weighted by molar-refractivity contribution is 5.80. The highest BCUT2D eigenvalue weighted by atomic mass is 16.5. The van der Waals surface area contributed by atoms with Crippen molar-refractivity contribution in [3.05, 3.63) is 34.4 Å². The van der Waals surface area contributed by atoms with Crippen LogP contribution < -0.4 is 5.63 Å². The third-order valence-electron chi connectivity index (χ3n) is 12.3. The van der Waals surface area contributed by atoms with Crippen molar-refractivity contribution >= 4 is 17.7 Å². The van der Waals surface area contributed by atoms with Crippen LogP contribution in [0, 0.1) is 34.5 Å². The molecule has 0 saturated heterocycles. The molecule has 1 aromatic heterocycles. The Morgan fingerprint density at radius 1 is 0.976 bits per heavy atom. The van der Waals surface area contributed by atoms with Crippen molar-refractivity contribution in [3.8, 4) is 0 Å². The topological polar surface area (TPSA) is 131 Å². The lowest BCUT2D eigenvalue weighted by molar-refractivity contribution is -0.207. The third-order valence-corrected chi connectivity index (χ3v) is 12.3. The van der Waals surface area contributed by atoms with Crippen molar-refractivity contribution in [1.29, 1.82) is 0 Å². The Hall–Kier alpha value is -2.48. The molecule has 5 rings (SSSR count). The van der Waals surface area contributed by atoms with Gasteiger partial charge in [-0.15, -0.1) is 0 Å². The van der Waals surface area contributed by atoms with Gasteiger partial charge in [-0.2, -0.15) is 0 Å². The van der Waals surface area contributed by atoms with Crippen molar-refractivity contribution in [1.82, 2.24) is 0 Å². The van der Waals surface area contributed by atoms with Gasteiger partial charge in [0.1, 0.15) is 11.9 Å². The van der Waals surface area contributed by atoms with Crippen molar-refractivity contribution in [2.75, 3.05) is 0 Å². The minimum atomic E-state index is -0.977. The second kappa shape index (κ2) is 11.9.